The van der Waals surface area contributed by atoms with Gasteiger partial charge in [-0.05, 0) is 24.9 Å². The molecule has 1 aromatic rings. The Morgan fingerprint density at radius 1 is 1.42 bits per heavy atom. The van der Waals surface area contributed by atoms with Crippen molar-refractivity contribution in [3.63, 3.8) is 0 Å². The quantitative estimate of drug-likeness (QED) is 0.833. The van der Waals surface area contributed by atoms with Crippen molar-refractivity contribution in [3.8, 4) is 12.3 Å². The molecule has 0 aliphatic carbocycles. The first-order valence-electron chi connectivity index (χ1n) is 7.33. The number of benzene rings is 1. The molecular formula is C17H24N2. The molecule has 0 spiro atoms. The van der Waals surface area contributed by atoms with Crippen LogP contribution >= 0.6 is 0 Å². The largest absolute Gasteiger partial charge is 0.309 e. The summed E-state index contributed by atoms with van der Waals surface area (Å²) in [5.41, 5.74) is 1.36. The number of terminal acetylenes is 1. The SMILES string of the molecule is C#CC(CCC)N1CCCNC(c2ccccc2)C1. The predicted molar refractivity (Wildman–Crippen MR) is 80.9 cm³/mol. The van der Waals surface area contributed by atoms with Gasteiger partial charge in [0.2, 0.25) is 0 Å². The summed E-state index contributed by atoms with van der Waals surface area (Å²) in [6.45, 7) is 5.39. The third-order valence-electron chi connectivity index (χ3n) is 3.83. The van der Waals surface area contributed by atoms with Gasteiger partial charge in [0.1, 0.15) is 0 Å². The number of hydrogen-bond acceptors (Lipinski definition) is 2. The van der Waals surface area contributed by atoms with Crippen molar-refractivity contribution in [2.24, 2.45) is 0 Å². The molecule has 1 aliphatic rings. The molecule has 0 bridgehead atoms. The second-order valence-electron chi connectivity index (χ2n) is 5.24. The van der Waals surface area contributed by atoms with Gasteiger partial charge in [-0.3, -0.25) is 4.90 Å². The van der Waals surface area contributed by atoms with Crippen molar-refractivity contribution in [3.05, 3.63) is 35.9 Å². The zero-order chi connectivity index (χ0) is 13.5. The average Bonchev–Trinajstić information content (AvgIpc) is 2.71. The van der Waals surface area contributed by atoms with E-state index in [-0.39, 0.29) is 6.04 Å². The molecule has 0 saturated carbocycles. The van der Waals surface area contributed by atoms with Crippen LogP contribution in [0.3, 0.4) is 0 Å². The highest BCUT2D eigenvalue weighted by Crippen LogP contribution is 2.19. The molecule has 2 heteroatoms. The number of rotatable bonds is 4. The summed E-state index contributed by atoms with van der Waals surface area (Å²) < 4.78 is 0. The van der Waals surface area contributed by atoms with Crippen LogP contribution in [0.15, 0.2) is 30.3 Å². The first-order valence-corrected chi connectivity index (χ1v) is 7.33. The second-order valence-corrected chi connectivity index (χ2v) is 5.24. The molecule has 102 valence electrons. The van der Waals surface area contributed by atoms with Gasteiger partial charge in [0.15, 0.2) is 0 Å². The summed E-state index contributed by atoms with van der Waals surface area (Å²) >= 11 is 0. The van der Waals surface area contributed by atoms with Crippen molar-refractivity contribution in [1.29, 1.82) is 0 Å². The van der Waals surface area contributed by atoms with Gasteiger partial charge < -0.3 is 5.32 Å². The van der Waals surface area contributed by atoms with Crippen molar-refractivity contribution in [2.75, 3.05) is 19.6 Å². The fraction of sp³-hybridized carbons (Fsp3) is 0.529. The van der Waals surface area contributed by atoms with Crippen molar-refractivity contribution < 1.29 is 0 Å². The Labute approximate surface area is 117 Å². The Morgan fingerprint density at radius 2 is 2.21 bits per heavy atom. The van der Waals surface area contributed by atoms with E-state index in [0.29, 0.717) is 6.04 Å². The van der Waals surface area contributed by atoms with E-state index in [4.69, 9.17) is 6.42 Å². The third-order valence-corrected chi connectivity index (χ3v) is 3.83. The van der Waals surface area contributed by atoms with E-state index in [1.54, 1.807) is 0 Å². The summed E-state index contributed by atoms with van der Waals surface area (Å²) in [7, 11) is 0. The summed E-state index contributed by atoms with van der Waals surface area (Å²) in [4.78, 5) is 2.47. The number of hydrogen-bond donors (Lipinski definition) is 1. The topological polar surface area (TPSA) is 15.3 Å². The van der Waals surface area contributed by atoms with Gasteiger partial charge in [-0.15, -0.1) is 6.42 Å². The van der Waals surface area contributed by atoms with Crippen LogP contribution in [-0.2, 0) is 0 Å². The van der Waals surface area contributed by atoms with E-state index < -0.39 is 0 Å². The molecule has 1 aromatic carbocycles. The maximum Gasteiger partial charge on any atom is 0.0712 e. The highest BCUT2D eigenvalue weighted by molar-refractivity contribution is 5.20. The molecule has 1 aliphatic heterocycles. The van der Waals surface area contributed by atoms with E-state index in [1.807, 2.05) is 0 Å². The van der Waals surface area contributed by atoms with Crippen LogP contribution in [-0.4, -0.2) is 30.6 Å². The Balaban J connectivity index is 2.08. The molecule has 0 amide bonds. The summed E-state index contributed by atoms with van der Waals surface area (Å²) in [5, 5.41) is 3.64. The van der Waals surface area contributed by atoms with Gasteiger partial charge in [-0.1, -0.05) is 49.6 Å². The third kappa shape index (κ3) is 3.83. The predicted octanol–water partition coefficient (Wildman–Crippen LogP) is 2.82. The van der Waals surface area contributed by atoms with Crippen molar-refractivity contribution >= 4 is 0 Å². The van der Waals surface area contributed by atoms with Gasteiger partial charge in [0.25, 0.3) is 0 Å². The minimum Gasteiger partial charge on any atom is -0.309 e. The molecular weight excluding hydrogens is 232 g/mol. The second kappa shape index (κ2) is 7.33. The molecule has 1 N–H and O–H groups in total. The molecule has 1 heterocycles. The van der Waals surface area contributed by atoms with Gasteiger partial charge in [-0.25, -0.2) is 0 Å². The minimum atomic E-state index is 0.288. The smallest absolute Gasteiger partial charge is 0.0712 e. The number of nitrogens with one attached hydrogen (secondary N) is 1. The van der Waals surface area contributed by atoms with Crippen LogP contribution in [0, 0.1) is 12.3 Å². The summed E-state index contributed by atoms with van der Waals surface area (Å²) in [5.74, 6) is 2.97. The lowest BCUT2D eigenvalue weighted by Crippen LogP contribution is -2.38. The van der Waals surface area contributed by atoms with Crippen molar-refractivity contribution in [1.82, 2.24) is 10.2 Å². The van der Waals surface area contributed by atoms with Crippen LogP contribution in [0.1, 0.15) is 37.8 Å². The Morgan fingerprint density at radius 3 is 2.89 bits per heavy atom. The van der Waals surface area contributed by atoms with Crippen LogP contribution in [0.5, 0.6) is 0 Å². The fourth-order valence-corrected chi connectivity index (χ4v) is 2.79. The molecule has 19 heavy (non-hydrogen) atoms. The fourth-order valence-electron chi connectivity index (χ4n) is 2.79. The summed E-state index contributed by atoms with van der Waals surface area (Å²) in [6, 6.07) is 11.4. The highest BCUT2D eigenvalue weighted by Gasteiger charge is 2.23. The standard InChI is InChI=1S/C17H24N2/c1-3-9-16(4-2)19-13-8-12-18-17(14-19)15-10-6-5-7-11-15/h2,5-7,10-11,16-18H,3,8-9,12-14H2,1H3. The van der Waals surface area contributed by atoms with E-state index >= 15 is 0 Å². The van der Waals surface area contributed by atoms with E-state index in [0.717, 1.165) is 32.5 Å². The Kier molecular flexibility index (Phi) is 5.44. The molecule has 0 aromatic heterocycles. The molecule has 2 unspecified atom stereocenters. The summed E-state index contributed by atoms with van der Waals surface area (Å²) in [6.07, 6.45) is 9.13. The van der Waals surface area contributed by atoms with E-state index in [9.17, 15) is 0 Å². The Hall–Kier alpha value is -1.30. The van der Waals surface area contributed by atoms with Crippen LogP contribution in [0.4, 0.5) is 0 Å². The molecule has 1 saturated heterocycles. The van der Waals surface area contributed by atoms with Crippen LogP contribution < -0.4 is 5.32 Å². The molecule has 2 atom stereocenters. The zero-order valence-corrected chi connectivity index (χ0v) is 11.8. The van der Waals surface area contributed by atoms with Gasteiger partial charge in [0.05, 0.1) is 6.04 Å². The van der Waals surface area contributed by atoms with E-state index in [2.05, 4.69) is 53.4 Å². The van der Waals surface area contributed by atoms with Crippen molar-refractivity contribution in [2.45, 2.75) is 38.3 Å². The van der Waals surface area contributed by atoms with E-state index in [1.165, 1.54) is 12.0 Å². The lowest BCUT2D eigenvalue weighted by Gasteiger charge is -2.29. The van der Waals surface area contributed by atoms with Gasteiger partial charge in [-0.2, -0.15) is 0 Å². The normalized spacial score (nSPS) is 22.4. The number of nitrogens with zero attached hydrogens (tertiary/aromatic N) is 1. The van der Waals surface area contributed by atoms with Crippen LogP contribution in [0.25, 0.3) is 0 Å². The monoisotopic (exact) mass is 256 g/mol. The molecule has 2 rings (SSSR count). The molecule has 0 radical (unpaired) electrons. The zero-order valence-electron chi connectivity index (χ0n) is 11.8. The molecule has 2 nitrogen and oxygen atoms in total. The minimum absolute atomic E-state index is 0.288. The highest BCUT2D eigenvalue weighted by atomic mass is 15.2. The lowest BCUT2D eigenvalue weighted by molar-refractivity contribution is 0.222. The van der Waals surface area contributed by atoms with Gasteiger partial charge in [0, 0.05) is 19.1 Å². The maximum absolute atomic E-state index is 5.71. The average molecular weight is 256 g/mol. The lowest BCUT2D eigenvalue weighted by atomic mass is 10.0. The first kappa shape index (κ1) is 14.1. The van der Waals surface area contributed by atoms with Crippen LogP contribution in [0.2, 0.25) is 0 Å². The molecule has 1 fully saturated rings. The first-order chi connectivity index (χ1) is 9.35. The van der Waals surface area contributed by atoms with Gasteiger partial charge >= 0.3 is 0 Å². The maximum atomic E-state index is 5.71. The Bertz CT molecular complexity index is 407.